The summed E-state index contributed by atoms with van der Waals surface area (Å²) in [5, 5.41) is 7.86. The van der Waals surface area contributed by atoms with Gasteiger partial charge in [0.25, 0.3) is 0 Å². The lowest BCUT2D eigenvalue weighted by atomic mass is 9.99. The summed E-state index contributed by atoms with van der Waals surface area (Å²) in [4.78, 5) is 0. The van der Waals surface area contributed by atoms with Crippen molar-refractivity contribution in [2.24, 2.45) is 0 Å². The molecule has 1 rings (SSSR count). The molecule has 1 aromatic rings. The molecular formula is C13H25N3O. The second-order valence-corrected chi connectivity index (χ2v) is 4.46. The molecule has 0 aliphatic heterocycles. The predicted molar refractivity (Wildman–Crippen MR) is 70.6 cm³/mol. The fourth-order valence-corrected chi connectivity index (χ4v) is 2.12. The molecule has 17 heavy (non-hydrogen) atoms. The van der Waals surface area contributed by atoms with E-state index in [1.807, 2.05) is 6.20 Å². The molecule has 0 fully saturated rings. The number of rotatable bonds is 7. The molecule has 4 heteroatoms. The van der Waals surface area contributed by atoms with Crippen molar-refractivity contribution in [2.75, 3.05) is 13.7 Å². The Hall–Kier alpha value is -1.03. The van der Waals surface area contributed by atoms with Gasteiger partial charge in [-0.25, -0.2) is 0 Å². The van der Waals surface area contributed by atoms with Crippen LogP contribution in [0.1, 0.15) is 45.7 Å². The second-order valence-electron chi connectivity index (χ2n) is 4.46. The molecule has 0 amide bonds. The van der Waals surface area contributed by atoms with Gasteiger partial charge in [-0.1, -0.05) is 20.8 Å². The fraction of sp³-hybridized carbons (Fsp3) is 0.769. The Morgan fingerprint density at radius 2 is 2.12 bits per heavy atom. The van der Waals surface area contributed by atoms with Crippen LogP contribution in [-0.4, -0.2) is 29.5 Å². The van der Waals surface area contributed by atoms with E-state index in [1.54, 1.807) is 7.11 Å². The molecule has 0 spiro atoms. The number of nitrogens with zero attached hydrogens (tertiary/aromatic N) is 2. The van der Waals surface area contributed by atoms with Crippen molar-refractivity contribution in [1.29, 1.82) is 0 Å². The highest BCUT2D eigenvalue weighted by molar-refractivity contribution is 5.29. The van der Waals surface area contributed by atoms with E-state index in [0.29, 0.717) is 12.0 Å². The molecule has 0 saturated heterocycles. The molecule has 0 aromatic carbocycles. The smallest absolute Gasteiger partial charge is 0.160 e. The Kier molecular flexibility index (Phi) is 5.48. The third kappa shape index (κ3) is 3.22. The summed E-state index contributed by atoms with van der Waals surface area (Å²) in [6, 6.07) is 0.418. The van der Waals surface area contributed by atoms with Gasteiger partial charge in [0.1, 0.15) is 0 Å². The molecule has 2 unspecified atom stereocenters. The number of ether oxygens (including phenoxy) is 1. The van der Waals surface area contributed by atoms with Gasteiger partial charge in [0.2, 0.25) is 0 Å². The number of likely N-dealkylation sites (N-methyl/N-ethyl adjacent to an activating group) is 1. The van der Waals surface area contributed by atoms with Gasteiger partial charge in [-0.15, -0.1) is 0 Å². The van der Waals surface area contributed by atoms with Crippen LogP contribution >= 0.6 is 0 Å². The SMILES string of the molecule is CCCn1ncc(OC)c1C(C)C(C)NCC. The third-order valence-corrected chi connectivity index (χ3v) is 3.21. The van der Waals surface area contributed by atoms with Gasteiger partial charge in [-0.3, -0.25) is 4.68 Å². The number of methoxy groups -OCH3 is 1. The van der Waals surface area contributed by atoms with Crippen LogP contribution in [-0.2, 0) is 6.54 Å². The minimum absolute atomic E-state index is 0.388. The highest BCUT2D eigenvalue weighted by atomic mass is 16.5. The summed E-state index contributed by atoms with van der Waals surface area (Å²) in [5.74, 6) is 1.29. The van der Waals surface area contributed by atoms with Crippen LogP contribution in [0.25, 0.3) is 0 Å². The zero-order chi connectivity index (χ0) is 12.8. The molecule has 98 valence electrons. The first-order valence-corrected chi connectivity index (χ1v) is 6.48. The fourth-order valence-electron chi connectivity index (χ4n) is 2.12. The van der Waals surface area contributed by atoms with E-state index in [1.165, 1.54) is 5.69 Å². The summed E-state index contributed by atoms with van der Waals surface area (Å²) in [6.45, 7) is 10.6. The number of hydrogen-bond acceptors (Lipinski definition) is 3. The molecule has 0 aliphatic rings. The average molecular weight is 239 g/mol. The number of hydrogen-bond donors (Lipinski definition) is 1. The Morgan fingerprint density at radius 1 is 1.41 bits per heavy atom. The molecule has 2 atom stereocenters. The van der Waals surface area contributed by atoms with E-state index in [4.69, 9.17) is 4.74 Å². The van der Waals surface area contributed by atoms with E-state index >= 15 is 0 Å². The van der Waals surface area contributed by atoms with Crippen molar-refractivity contribution in [3.8, 4) is 5.75 Å². The van der Waals surface area contributed by atoms with E-state index in [2.05, 4.69) is 42.8 Å². The Labute approximate surface area is 104 Å². The Bertz CT molecular complexity index is 335. The van der Waals surface area contributed by atoms with Crippen molar-refractivity contribution >= 4 is 0 Å². The van der Waals surface area contributed by atoms with Crippen LogP contribution < -0.4 is 10.1 Å². The molecule has 0 bridgehead atoms. The quantitative estimate of drug-likeness (QED) is 0.794. The highest BCUT2D eigenvalue weighted by Gasteiger charge is 2.22. The van der Waals surface area contributed by atoms with Crippen LogP contribution in [0.4, 0.5) is 0 Å². The van der Waals surface area contributed by atoms with Crippen LogP contribution in [0.2, 0.25) is 0 Å². The lowest BCUT2D eigenvalue weighted by Crippen LogP contribution is -2.32. The van der Waals surface area contributed by atoms with E-state index < -0.39 is 0 Å². The van der Waals surface area contributed by atoms with Crippen LogP contribution in [0.3, 0.4) is 0 Å². The zero-order valence-electron chi connectivity index (χ0n) is 11.7. The maximum absolute atomic E-state index is 5.41. The second kappa shape index (κ2) is 6.64. The molecule has 4 nitrogen and oxygen atoms in total. The lowest BCUT2D eigenvalue weighted by molar-refractivity contribution is 0.388. The molecule has 0 saturated carbocycles. The van der Waals surface area contributed by atoms with Crippen molar-refractivity contribution < 1.29 is 4.74 Å². The van der Waals surface area contributed by atoms with Crippen LogP contribution in [0, 0.1) is 0 Å². The first kappa shape index (κ1) is 14.0. The largest absolute Gasteiger partial charge is 0.493 e. The summed E-state index contributed by atoms with van der Waals surface area (Å²) < 4.78 is 7.48. The van der Waals surface area contributed by atoms with Crippen LogP contribution in [0.15, 0.2) is 6.20 Å². The normalized spacial score (nSPS) is 14.6. The summed E-state index contributed by atoms with van der Waals surface area (Å²) in [7, 11) is 1.71. The van der Waals surface area contributed by atoms with E-state index in [-0.39, 0.29) is 0 Å². The molecule has 1 heterocycles. The van der Waals surface area contributed by atoms with Crippen molar-refractivity contribution in [2.45, 2.75) is 52.6 Å². The monoisotopic (exact) mass is 239 g/mol. The van der Waals surface area contributed by atoms with E-state index in [9.17, 15) is 0 Å². The standard InChI is InChI=1S/C13H25N3O/c1-6-8-16-13(12(17-5)9-15-16)10(3)11(4)14-7-2/h9-11,14H,6-8H2,1-5H3. The van der Waals surface area contributed by atoms with Gasteiger partial charge in [0, 0.05) is 18.5 Å². The maximum atomic E-state index is 5.41. The van der Waals surface area contributed by atoms with Crippen LogP contribution in [0.5, 0.6) is 5.75 Å². The van der Waals surface area contributed by atoms with Gasteiger partial charge in [0.15, 0.2) is 5.75 Å². The first-order chi connectivity index (χ1) is 8.15. The Balaban J connectivity index is 2.95. The van der Waals surface area contributed by atoms with Crippen molar-refractivity contribution in [3.63, 3.8) is 0 Å². The van der Waals surface area contributed by atoms with Gasteiger partial charge >= 0.3 is 0 Å². The van der Waals surface area contributed by atoms with Gasteiger partial charge < -0.3 is 10.1 Å². The third-order valence-electron chi connectivity index (χ3n) is 3.21. The topological polar surface area (TPSA) is 39.1 Å². The first-order valence-electron chi connectivity index (χ1n) is 6.48. The summed E-state index contributed by atoms with van der Waals surface area (Å²) in [5.41, 5.74) is 1.20. The van der Waals surface area contributed by atoms with Crippen molar-refractivity contribution in [1.82, 2.24) is 15.1 Å². The molecule has 1 aromatic heterocycles. The number of aryl methyl sites for hydroxylation is 1. The minimum Gasteiger partial charge on any atom is -0.493 e. The molecule has 0 aliphatic carbocycles. The highest BCUT2D eigenvalue weighted by Crippen LogP contribution is 2.28. The lowest BCUT2D eigenvalue weighted by Gasteiger charge is -2.22. The molecule has 1 N–H and O–H groups in total. The van der Waals surface area contributed by atoms with Gasteiger partial charge in [-0.2, -0.15) is 5.10 Å². The molecule has 0 radical (unpaired) electrons. The van der Waals surface area contributed by atoms with Gasteiger partial charge in [-0.05, 0) is 19.9 Å². The number of aromatic nitrogens is 2. The van der Waals surface area contributed by atoms with E-state index in [0.717, 1.165) is 25.3 Å². The molecular weight excluding hydrogens is 214 g/mol. The minimum atomic E-state index is 0.388. The predicted octanol–water partition coefficient (Wildman–Crippen LogP) is 2.40. The number of nitrogens with one attached hydrogen (secondary N) is 1. The Morgan fingerprint density at radius 3 is 2.65 bits per heavy atom. The summed E-state index contributed by atoms with van der Waals surface area (Å²) >= 11 is 0. The maximum Gasteiger partial charge on any atom is 0.160 e. The van der Waals surface area contributed by atoms with Crippen molar-refractivity contribution in [3.05, 3.63) is 11.9 Å². The average Bonchev–Trinajstić information content (AvgIpc) is 2.72. The zero-order valence-corrected chi connectivity index (χ0v) is 11.7. The summed E-state index contributed by atoms with van der Waals surface area (Å²) in [6.07, 6.45) is 2.90. The van der Waals surface area contributed by atoms with Gasteiger partial charge in [0.05, 0.1) is 19.0 Å².